The molecule has 0 amide bonds. The first-order valence-electron chi connectivity index (χ1n) is 6.18. The van der Waals surface area contributed by atoms with Crippen LogP contribution in [0.3, 0.4) is 0 Å². The van der Waals surface area contributed by atoms with E-state index in [0.717, 1.165) is 18.2 Å². The molecule has 0 spiro atoms. The highest BCUT2D eigenvalue weighted by atomic mass is 32.2. The Kier molecular flexibility index (Phi) is 4.27. The molecule has 2 aromatic rings. The Bertz CT molecular complexity index is 792. The van der Waals surface area contributed by atoms with Gasteiger partial charge in [-0.3, -0.25) is 0 Å². The van der Waals surface area contributed by atoms with Gasteiger partial charge in [0.05, 0.1) is 21.8 Å². The molecule has 6 nitrogen and oxygen atoms in total. The monoisotopic (exact) mass is 320 g/mol. The van der Waals surface area contributed by atoms with Crippen molar-refractivity contribution in [2.24, 2.45) is 0 Å². The molecule has 0 fully saturated rings. The predicted octanol–water partition coefficient (Wildman–Crippen LogP) is 2.06. The molecule has 0 radical (unpaired) electrons. The van der Waals surface area contributed by atoms with Crippen LogP contribution in [0.15, 0.2) is 53.4 Å². The number of hydrogen-bond donors (Lipinski definition) is 2. The van der Waals surface area contributed by atoms with Gasteiger partial charge in [0, 0.05) is 0 Å². The van der Waals surface area contributed by atoms with Gasteiger partial charge in [-0.15, -0.1) is 0 Å². The molecule has 114 valence electrons. The summed E-state index contributed by atoms with van der Waals surface area (Å²) < 4.78 is 24.5. The second kappa shape index (κ2) is 5.98. The first-order valence-corrected chi connectivity index (χ1v) is 7.83. The van der Waals surface area contributed by atoms with Crippen molar-refractivity contribution < 1.29 is 28.2 Å². The molecule has 2 rings (SSSR count). The predicted molar refractivity (Wildman–Crippen MR) is 77.7 cm³/mol. The lowest BCUT2D eigenvalue weighted by molar-refractivity contribution is 0.0696. The largest absolute Gasteiger partial charge is 0.478 e. The van der Waals surface area contributed by atoms with Crippen molar-refractivity contribution in [3.63, 3.8) is 0 Å². The summed E-state index contributed by atoms with van der Waals surface area (Å²) in [7, 11) is -3.68. The number of carboxylic acids is 2. The zero-order valence-corrected chi connectivity index (χ0v) is 12.1. The van der Waals surface area contributed by atoms with Crippen LogP contribution in [0.5, 0.6) is 0 Å². The van der Waals surface area contributed by atoms with Gasteiger partial charge in [0.25, 0.3) is 0 Å². The maximum atomic E-state index is 12.3. The smallest absolute Gasteiger partial charge is 0.335 e. The maximum Gasteiger partial charge on any atom is 0.335 e. The average molecular weight is 320 g/mol. The van der Waals surface area contributed by atoms with Crippen molar-refractivity contribution in [1.29, 1.82) is 0 Å². The first kappa shape index (κ1) is 15.7. The fourth-order valence-electron chi connectivity index (χ4n) is 1.95. The summed E-state index contributed by atoms with van der Waals surface area (Å²) in [4.78, 5) is 22.1. The van der Waals surface area contributed by atoms with E-state index in [9.17, 15) is 18.0 Å². The van der Waals surface area contributed by atoms with Crippen LogP contribution in [0, 0.1) is 0 Å². The van der Waals surface area contributed by atoms with E-state index in [-0.39, 0.29) is 21.6 Å². The topological polar surface area (TPSA) is 109 Å². The van der Waals surface area contributed by atoms with Gasteiger partial charge in [-0.25, -0.2) is 18.0 Å². The van der Waals surface area contributed by atoms with Gasteiger partial charge in [-0.05, 0) is 35.9 Å². The summed E-state index contributed by atoms with van der Waals surface area (Å²) in [6.45, 7) is 0. The van der Waals surface area contributed by atoms with Crippen molar-refractivity contribution >= 4 is 21.8 Å². The molecule has 0 bridgehead atoms. The molecule has 2 N–H and O–H groups in total. The third kappa shape index (κ3) is 3.50. The summed E-state index contributed by atoms with van der Waals surface area (Å²) in [5.74, 6) is -3.11. The highest BCUT2D eigenvalue weighted by molar-refractivity contribution is 7.90. The third-order valence-electron chi connectivity index (χ3n) is 2.95. The van der Waals surface area contributed by atoms with Gasteiger partial charge in [0.2, 0.25) is 0 Å². The van der Waals surface area contributed by atoms with Gasteiger partial charge < -0.3 is 10.2 Å². The third-order valence-corrected chi connectivity index (χ3v) is 4.65. The lowest BCUT2D eigenvalue weighted by Crippen LogP contribution is -2.09. The van der Waals surface area contributed by atoms with Gasteiger partial charge in [0.1, 0.15) is 0 Å². The maximum absolute atomic E-state index is 12.3. The van der Waals surface area contributed by atoms with E-state index < -0.39 is 27.5 Å². The van der Waals surface area contributed by atoms with E-state index in [1.54, 1.807) is 18.2 Å². The molecule has 0 aliphatic rings. The van der Waals surface area contributed by atoms with Crippen LogP contribution in [0.1, 0.15) is 26.3 Å². The average Bonchev–Trinajstić information content (AvgIpc) is 2.47. The summed E-state index contributed by atoms with van der Waals surface area (Å²) >= 11 is 0. The molecule has 0 atom stereocenters. The highest BCUT2D eigenvalue weighted by Crippen LogP contribution is 2.19. The van der Waals surface area contributed by atoms with E-state index in [0.29, 0.717) is 0 Å². The standard InChI is InChI=1S/C15H12O6S/c16-14(17)11-6-10(7-12(8-11)15(18)19)9-22(20,21)13-4-2-1-3-5-13/h1-8H,9H2,(H,16,17)(H,18,19). The fourth-order valence-corrected chi connectivity index (χ4v) is 3.30. The van der Waals surface area contributed by atoms with Gasteiger partial charge in [0.15, 0.2) is 9.84 Å². The van der Waals surface area contributed by atoms with Gasteiger partial charge >= 0.3 is 11.9 Å². The summed E-state index contributed by atoms with van der Waals surface area (Å²) in [5, 5.41) is 18.0. The molecular formula is C15H12O6S. The lowest BCUT2D eigenvalue weighted by Gasteiger charge is -2.07. The van der Waals surface area contributed by atoms with Crippen molar-refractivity contribution in [2.45, 2.75) is 10.6 Å². The Labute approximate surface area is 126 Å². The molecule has 2 aromatic carbocycles. The molecule has 0 saturated carbocycles. The summed E-state index contributed by atoms with van der Waals surface area (Å²) in [6.07, 6.45) is 0. The lowest BCUT2D eigenvalue weighted by atomic mass is 10.1. The quantitative estimate of drug-likeness (QED) is 0.873. The van der Waals surface area contributed by atoms with Crippen LogP contribution < -0.4 is 0 Å². The summed E-state index contributed by atoms with van der Waals surface area (Å²) in [6, 6.07) is 11.0. The van der Waals surface area contributed by atoms with Gasteiger partial charge in [-0.2, -0.15) is 0 Å². The minimum absolute atomic E-state index is 0.0904. The molecule has 0 aromatic heterocycles. The van der Waals surface area contributed by atoms with E-state index in [2.05, 4.69) is 0 Å². The summed E-state index contributed by atoms with van der Waals surface area (Å²) in [5.41, 5.74) is -0.419. The minimum Gasteiger partial charge on any atom is -0.478 e. The van der Waals surface area contributed by atoms with Crippen LogP contribution in [0.4, 0.5) is 0 Å². The molecule has 0 unspecified atom stereocenters. The van der Waals surface area contributed by atoms with Crippen LogP contribution in [0.25, 0.3) is 0 Å². The second-order valence-corrected chi connectivity index (χ2v) is 6.59. The fraction of sp³-hybridized carbons (Fsp3) is 0.0667. The number of carbonyl (C=O) groups is 2. The van der Waals surface area contributed by atoms with E-state index >= 15 is 0 Å². The Balaban J connectivity index is 2.45. The minimum atomic E-state index is -3.68. The van der Waals surface area contributed by atoms with Crippen molar-refractivity contribution in [2.75, 3.05) is 0 Å². The Morgan fingerprint density at radius 2 is 1.36 bits per heavy atom. The van der Waals surface area contributed by atoms with Crippen molar-refractivity contribution in [3.8, 4) is 0 Å². The molecule has 0 aliphatic carbocycles. The van der Waals surface area contributed by atoms with Crippen molar-refractivity contribution in [3.05, 3.63) is 65.2 Å². The number of sulfone groups is 1. The molecule has 7 heteroatoms. The van der Waals surface area contributed by atoms with Crippen LogP contribution in [-0.2, 0) is 15.6 Å². The Hall–Kier alpha value is -2.67. The van der Waals surface area contributed by atoms with Crippen molar-refractivity contribution in [1.82, 2.24) is 0 Å². The van der Waals surface area contributed by atoms with E-state index in [4.69, 9.17) is 10.2 Å². The van der Waals surface area contributed by atoms with E-state index in [1.165, 1.54) is 12.1 Å². The van der Waals surface area contributed by atoms with Crippen LogP contribution in [0.2, 0.25) is 0 Å². The van der Waals surface area contributed by atoms with Crippen LogP contribution in [-0.4, -0.2) is 30.6 Å². The molecular weight excluding hydrogens is 308 g/mol. The second-order valence-electron chi connectivity index (χ2n) is 4.60. The molecule has 0 heterocycles. The zero-order chi connectivity index (χ0) is 16.3. The van der Waals surface area contributed by atoms with E-state index in [1.807, 2.05) is 0 Å². The number of rotatable bonds is 5. The molecule has 0 saturated heterocycles. The zero-order valence-electron chi connectivity index (χ0n) is 11.3. The molecule has 0 aliphatic heterocycles. The number of carboxylic acid groups (broad SMARTS) is 2. The highest BCUT2D eigenvalue weighted by Gasteiger charge is 2.18. The Morgan fingerprint density at radius 3 is 1.82 bits per heavy atom. The number of hydrogen-bond acceptors (Lipinski definition) is 4. The normalized spacial score (nSPS) is 11.1. The van der Waals surface area contributed by atoms with Gasteiger partial charge in [-0.1, -0.05) is 18.2 Å². The first-order chi connectivity index (χ1) is 10.3. The van der Waals surface area contributed by atoms with Crippen LogP contribution >= 0.6 is 0 Å². The molecule has 22 heavy (non-hydrogen) atoms. The SMILES string of the molecule is O=C(O)c1cc(CS(=O)(=O)c2ccccc2)cc(C(=O)O)c1. The number of aromatic carboxylic acids is 2. The Morgan fingerprint density at radius 1 is 0.864 bits per heavy atom. The number of benzene rings is 2.